The van der Waals surface area contributed by atoms with Crippen LogP contribution in [0.15, 0.2) is 12.2 Å². The zero-order chi connectivity index (χ0) is 43.7. The summed E-state index contributed by atoms with van der Waals surface area (Å²) in [5.74, 6) is -0.859. The molecule has 354 valence electrons. The van der Waals surface area contributed by atoms with Crippen LogP contribution in [0.3, 0.4) is 0 Å². The summed E-state index contributed by atoms with van der Waals surface area (Å²) in [5, 5.41) is 0. The van der Waals surface area contributed by atoms with Gasteiger partial charge in [0.05, 0.1) is 0 Å². The fourth-order valence-corrected chi connectivity index (χ4v) is 7.97. The number of ether oxygens (including phenoxy) is 3. The summed E-state index contributed by atoms with van der Waals surface area (Å²) in [6, 6.07) is 0. The van der Waals surface area contributed by atoms with Crippen LogP contribution in [0.5, 0.6) is 0 Å². The van der Waals surface area contributed by atoms with Crippen LogP contribution in [-0.4, -0.2) is 37.2 Å². The first-order valence-electron chi connectivity index (χ1n) is 26.7. The van der Waals surface area contributed by atoms with Gasteiger partial charge in [0.1, 0.15) is 13.2 Å². The number of hydrogen-bond donors (Lipinski definition) is 0. The lowest BCUT2D eigenvalue weighted by Gasteiger charge is -2.18. The summed E-state index contributed by atoms with van der Waals surface area (Å²) in [7, 11) is 0. The van der Waals surface area contributed by atoms with Gasteiger partial charge in [0.25, 0.3) is 0 Å². The van der Waals surface area contributed by atoms with Gasteiger partial charge < -0.3 is 14.2 Å². The maximum Gasteiger partial charge on any atom is 0.306 e. The Kier molecular flexibility index (Phi) is 48.3. The van der Waals surface area contributed by atoms with Crippen LogP contribution < -0.4 is 0 Å². The maximum absolute atomic E-state index is 12.8. The zero-order valence-corrected chi connectivity index (χ0v) is 40.5. The minimum Gasteiger partial charge on any atom is -0.462 e. The number of rotatable bonds is 49. The average molecular weight is 847 g/mol. The standard InChI is InChI=1S/C54H102O6/c1-4-7-10-13-16-19-22-25-26-27-28-29-30-33-35-38-41-44-47-53(56)59-50-51(60-54(57)48-45-42-39-36-32-24-21-18-15-12-9-6-3)49-58-52(55)46-43-40-37-34-31-23-20-17-14-11-8-5-2/h18,21,51H,4-17,19-20,22-50H2,1-3H3/b21-18-. The zero-order valence-electron chi connectivity index (χ0n) is 40.5. The van der Waals surface area contributed by atoms with Crippen molar-refractivity contribution in [3.8, 4) is 0 Å². The topological polar surface area (TPSA) is 78.9 Å². The quantitative estimate of drug-likeness (QED) is 0.0263. The van der Waals surface area contributed by atoms with E-state index in [4.69, 9.17) is 14.2 Å². The predicted molar refractivity (Wildman–Crippen MR) is 256 cm³/mol. The third kappa shape index (κ3) is 47.2. The monoisotopic (exact) mass is 847 g/mol. The van der Waals surface area contributed by atoms with E-state index in [0.29, 0.717) is 19.3 Å². The highest BCUT2D eigenvalue weighted by atomic mass is 16.6. The Morgan fingerprint density at radius 3 is 0.867 bits per heavy atom. The Labute approximate surface area is 373 Å². The molecular formula is C54H102O6. The first-order chi connectivity index (χ1) is 29.5. The molecule has 6 nitrogen and oxygen atoms in total. The molecule has 0 saturated carbocycles. The van der Waals surface area contributed by atoms with Crippen molar-refractivity contribution in [2.75, 3.05) is 13.2 Å². The van der Waals surface area contributed by atoms with Gasteiger partial charge in [-0.05, 0) is 44.9 Å². The summed E-state index contributed by atoms with van der Waals surface area (Å²) in [6.07, 6.45) is 54.8. The minimum absolute atomic E-state index is 0.0680. The lowest BCUT2D eigenvalue weighted by Crippen LogP contribution is -2.30. The molecule has 0 radical (unpaired) electrons. The van der Waals surface area contributed by atoms with Crippen LogP contribution in [0.2, 0.25) is 0 Å². The Balaban J connectivity index is 4.27. The van der Waals surface area contributed by atoms with E-state index in [0.717, 1.165) is 64.2 Å². The van der Waals surface area contributed by atoms with Gasteiger partial charge in [0.2, 0.25) is 0 Å². The summed E-state index contributed by atoms with van der Waals surface area (Å²) in [5.41, 5.74) is 0. The van der Waals surface area contributed by atoms with Crippen LogP contribution in [0.4, 0.5) is 0 Å². The Hall–Kier alpha value is -1.85. The van der Waals surface area contributed by atoms with E-state index in [2.05, 4.69) is 32.9 Å². The SMILES string of the molecule is CCCCC/C=C\CCCCCCCC(=O)OC(COC(=O)CCCCCCCCCCCCCC)COC(=O)CCCCCCCCCCCCCCCCCCCC. The fourth-order valence-electron chi connectivity index (χ4n) is 7.97. The van der Waals surface area contributed by atoms with Crippen LogP contribution in [0.25, 0.3) is 0 Å². The number of unbranched alkanes of at least 4 members (excludes halogenated alkanes) is 36. The third-order valence-corrected chi connectivity index (χ3v) is 12.0. The first-order valence-corrected chi connectivity index (χ1v) is 26.7. The molecule has 60 heavy (non-hydrogen) atoms. The van der Waals surface area contributed by atoms with Gasteiger partial charge in [0, 0.05) is 19.3 Å². The highest BCUT2D eigenvalue weighted by Crippen LogP contribution is 2.17. The second-order valence-corrected chi connectivity index (χ2v) is 18.2. The average Bonchev–Trinajstić information content (AvgIpc) is 3.24. The lowest BCUT2D eigenvalue weighted by molar-refractivity contribution is -0.167. The van der Waals surface area contributed by atoms with Crippen molar-refractivity contribution in [2.24, 2.45) is 0 Å². The molecule has 0 aromatic rings. The van der Waals surface area contributed by atoms with Crippen molar-refractivity contribution >= 4 is 17.9 Å². The van der Waals surface area contributed by atoms with Gasteiger partial charge in [-0.1, -0.05) is 245 Å². The van der Waals surface area contributed by atoms with Crippen LogP contribution in [0, 0.1) is 0 Å². The molecule has 0 amide bonds. The molecule has 0 heterocycles. The van der Waals surface area contributed by atoms with Crippen LogP contribution >= 0.6 is 0 Å². The van der Waals surface area contributed by atoms with E-state index in [1.54, 1.807) is 0 Å². The van der Waals surface area contributed by atoms with E-state index in [1.807, 2.05) is 0 Å². The van der Waals surface area contributed by atoms with E-state index in [1.165, 1.54) is 193 Å². The summed E-state index contributed by atoms with van der Waals surface area (Å²) < 4.78 is 16.8. The van der Waals surface area contributed by atoms with E-state index < -0.39 is 6.10 Å². The third-order valence-electron chi connectivity index (χ3n) is 12.0. The van der Waals surface area contributed by atoms with Crippen molar-refractivity contribution < 1.29 is 28.6 Å². The largest absolute Gasteiger partial charge is 0.462 e. The summed E-state index contributed by atoms with van der Waals surface area (Å²) in [4.78, 5) is 37.9. The van der Waals surface area contributed by atoms with Gasteiger partial charge in [-0.15, -0.1) is 0 Å². The van der Waals surface area contributed by atoms with Crippen LogP contribution in [0.1, 0.15) is 297 Å². The molecular weight excluding hydrogens is 745 g/mol. The molecule has 0 bridgehead atoms. The summed E-state index contributed by atoms with van der Waals surface area (Å²) >= 11 is 0. The molecule has 0 aromatic heterocycles. The molecule has 1 atom stereocenters. The van der Waals surface area contributed by atoms with Crippen molar-refractivity contribution in [1.82, 2.24) is 0 Å². The fraction of sp³-hybridized carbons (Fsp3) is 0.907. The van der Waals surface area contributed by atoms with E-state index in [9.17, 15) is 14.4 Å². The summed E-state index contributed by atoms with van der Waals surface area (Å²) in [6.45, 7) is 6.64. The lowest BCUT2D eigenvalue weighted by atomic mass is 10.0. The highest BCUT2D eigenvalue weighted by Gasteiger charge is 2.19. The van der Waals surface area contributed by atoms with Crippen LogP contribution in [-0.2, 0) is 28.6 Å². The smallest absolute Gasteiger partial charge is 0.306 e. The molecule has 0 N–H and O–H groups in total. The number of carbonyl (C=O) groups is 3. The Bertz CT molecular complexity index is 931. The normalized spacial score (nSPS) is 12.0. The second kappa shape index (κ2) is 49.8. The molecule has 0 aliphatic carbocycles. The van der Waals surface area contributed by atoms with Gasteiger partial charge >= 0.3 is 17.9 Å². The molecule has 0 aromatic carbocycles. The Morgan fingerprint density at radius 1 is 0.317 bits per heavy atom. The van der Waals surface area contributed by atoms with Crippen molar-refractivity contribution in [3.63, 3.8) is 0 Å². The Morgan fingerprint density at radius 2 is 0.550 bits per heavy atom. The predicted octanol–water partition coefficient (Wildman–Crippen LogP) is 17.4. The van der Waals surface area contributed by atoms with Gasteiger partial charge in [0.15, 0.2) is 6.10 Å². The van der Waals surface area contributed by atoms with Crippen molar-refractivity contribution in [3.05, 3.63) is 12.2 Å². The molecule has 0 saturated heterocycles. The molecule has 0 aliphatic heterocycles. The molecule has 0 spiro atoms. The maximum atomic E-state index is 12.8. The molecule has 1 unspecified atom stereocenters. The number of allylic oxidation sites excluding steroid dienone is 2. The molecule has 0 aliphatic rings. The van der Waals surface area contributed by atoms with E-state index >= 15 is 0 Å². The number of carbonyl (C=O) groups excluding carboxylic acids is 3. The van der Waals surface area contributed by atoms with Gasteiger partial charge in [-0.2, -0.15) is 0 Å². The van der Waals surface area contributed by atoms with Crippen molar-refractivity contribution in [2.45, 2.75) is 303 Å². The van der Waals surface area contributed by atoms with Gasteiger partial charge in [-0.3, -0.25) is 14.4 Å². The molecule has 6 heteroatoms. The molecule has 0 rings (SSSR count). The van der Waals surface area contributed by atoms with Gasteiger partial charge in [-0.25, -0.2) is 0 Å². The van der Waals surface area contributed by atoms with E-state index in [-0.39, 0.29) is 31.1 Å². The first kappa shape index (κ1) is 58.1. The van der Waals surface area contributed by atoms with Crippen molar-refractivity contribution in [1.29, 1.82) is 0 Å². The second-order valence-electron chi connectivity index (χ2n) is 18.2. The molecule has 0 fully saturated rings. The highest BCUT2D eigenvalue weighted by molar-refractivity contribution is 5.71. The minimum atomic E-state index is -0.767. The number of esters is 3. The number of hydrogen-bond acceptors (Lipinski definition) is 6.